The number of halogens is 1. The molecule has 5 heteroatoms. The van der Waals surface area contributed by atoms with E-state index in [2.05, 4.69) is 10.4 Å². The van der Waals surface area contributed by atoms with E-state index in [9.17, 15) is 4.39 Å². The van der Waals surface area contributed by atoms with Crippen LogP contribution < -0.4 is 10.1 Å². The summed E-state index contributed by atoms with van der Waals surface area (Å²) >= 11 is 0. The summed E-state index contributed by atoms with van der Waals surface area (Å²) in [4.78, 5) is 0. The molecule has 0 radical (unpaired) electrons. The van der Waals surface area contributed by atoms with Crippen LogP contribution in [-0.4, -0.2) is 15.8 Å². The van der Waals surface area contributed by atoms with Gasteiger partial charge >= 0.3 is 0 Å². The van der Waals surface area contributed by atoms with Crippen LogP contribution in [0.3, 0.4) is 0 Å². The van der Waals surface area contributed by atoms with E-state index >= 15 is 0 Å². The maximum absolute atomic E-state index is 14.0. The van der Waals surface area contributed by atoms with Crippen molar-refractivity contribution in [2.24, 2.45) is 7.05 Å². The van der Waals surface area contributed by atoms with Gasteiger partial charge in [0.2, 0.25) is 0 Å². The van der Waals surface area contributed by atoms with E-state index < -0.39 is 0 Å². The summed E-state index contributed by atoms with van der Waals surface area (Å²) in [7, 11) is 1.86. The number of hydrogen-bond acceptors (Lipinski definition) is 3. The second-order valence-electron chi connectivity index (χ2n) is 5.61. The molecular weight excluding hydrogens is 269 g/mol. The maximum atomic E-state index is 14.0. The van der Waals surface area contributed by atoms with Gasteiger partial charge in [0.15, 0.2) is 11.6 Å². The Bertz CT molecular complexity index is 634. The van der Waals surface area contributed by atoms with E-state index in [0.717, 1.165) is 17.0 Å². The summed E-state index contributed by atoms with van der Waals surface area (Å²) in [6, 6.07) is 7.70. The van der Waals surface area contributed by atoms with Gasteiger partial charge in [-0.2, -0.15) is 5.10 Å². The Balaban J connectivity index is 1.60. The van der Waals surface area contributed by atoms with E-state index in [-0.39, 0.29) is 11.6 Å². The van der Waals surface area contributed by atoms with Crippen molar-refractivity contribution in [2.75, 3.05) is 0 Å². The van der Waals surface area contributed by atoms with Crippen molar-refractivity contribution in [3.63, 3.8) is 0 Å². The van der Waals surface area contributed by atoms with Gasteiger partial charge in [0, 0.05) is 19.6 Å². The van der Waals surface area contributed by atoms with Crippen LogP contribution in [0.1, 0.15) is 29.8 Å². The van der Waals surface area contributed by atoms with Crippen molar-refractivity contribution in [2.45, 2.75) is 39.0 Å². The molecule has 2 aromatic rings. The van der Waals surface area contributed by atoms with Crippen LogP contribution in [-0.2, 0) is 20.2 Å². The fraction of sp³-hybridized carbons (Fsp3) is 0.438. The summed E-state index contributed by atoms with van der Waals surface area (Å²) in [5.41, 5.74) is 2.80. The molecule has 1 saturated carbocycles. The summed E-state index contributed by atoms with van der Waals surface area (Å²) in [5, 5.41) is 7.61. The lowest BCUT2D eigenvalue weighted by atomic mass is 10.2. The van der Waals surface area contributed by atoms with Gasteiger partial charge in [-0.25, -0.2) is 4.39 Å². The second-order valence-corrected chi connectivity index (χ2v) is 5.61. The monoisotopic (exact) mass is 289 g/mol. The highest BCUT2D eigenvalue weighted by Crippen LogP contribution is 2.22. The van der Waals surface area contributed by atoms with E-state index in [4.69, 9.17) is 4.74 Å². The topological polar surface area (TPSA) is 39.1 Å². The molecule has 1 aromatic heterocycles. The number of benzene rings is 1. The average molecular weight is 289 g/mol. The molecule has 3 rings (SSSR count). The van der Waals surface area contributed by atoms with Crippen molar-refractivity contribution in [3.8, 4) is 5.75 Å². The van der Waals surface area contributed by atoms with Gasteiger partial charge in [0.05, 0.1) is 11.4 Å². The normalized spacial score (nSPS) is 14.4. The lowest BCUT2D eigenvalue weighted by Gasteiger charge is -2.09. The van der Waals surface area contributed by atoms with Crippen molar-refractivity contribution in [1.29, 1.82) is 0 Å². The van der Waals surface area contributed by atoms with E-state index in [1.165, 1.54) is 12.8 Å². The summed E-state index contributed by atoms with van der Waals surface area (Å²) in [5.74, 6) is -0.0342. The zero-order valence-corrected chi connectivity index (χ0v) is 12.4. The molecule has 0 bridgehead atoms. The minimum Gasteiger partial charge on any atom is -0.484 e. The highest BCUT2D eigenvalue weighted by Gasteiger charge is 2.20. The molecule has 0 unspecified atom stereocenters. The molecule has 21 heavy (non-hydrogen) atoms. The van der Waals surface area contributed by atoms with Crippen LogP contribution in [0.4, 0.5) is 4.39 Å². The van der Waals surface area contributed by atoms with Gasteiger partial charge in [0.25, 0.3) is 0 Å². The van der Waals surface area contributed by atoms with Crippen LogP contribution in [0.5, 0.6) is 5.75 Å². The van der Waals surface area contributed by atoms with E-state index in [1.54, 1.807) is 16.8 Å². The highest BCUT2D eigenvalue weighted by molar-refractivity contribution is 5.29. The Morgan fingerprint density at radius 1 is 1.38 bits per heavy atom. The number of hydrogen-bond donors (Lipinski definition) is 1. The molecule has 1 N–H and O–H groups in total. The lowest BCUT2D eigenvalue weighted by Crippen LogP contribution is -2.15. The highest BCUT2D eigenvalue weighted by atomic mass is 19.1. The summed E-state index contributed by atoms with van der Waals surface area (Å²) in [6.45, 7) is 2.95. The third kappa shape index (κ3) is 3.61. The fourth-order valence-corrected chi connectivity index (χ4v) is 2.27. The van der Waals surface area contributed by atoms with Crippen LogP contribution in [0, 0.1) is 12.7 Å². The lowest BCUT2D eigenvalue weighted by molar-refractivity contribution is 0.280. The number of aromatic nitrogens is 2. The molecular formula is C16H20FN3O. The number of nitrogens with zero attached hydrogens (tertiary/aromatic N) is 2. The fourth-order valence-electron chi connectivity index (χ4n) is 2.27. The van der Waals surface area contributed by atoms with Gasteiger partial charge in [0.1, 0.15) is 6.61 Å². The third-order valence-corrected chi connectivity index (χ3v) is 3.64. The van der Waals surface area contributed by atoms with Crippen LogP contribution >= 0.6 is 0 Å². The third-order valence-electron chi connectivity index (χ3n) is 3.64. The zero-order chi connectivity index (χ0) is 14.8. The average Bonchev–Trinajstić information content (AvgIpc) is 3.21. The summed E-state index contributed by atoms with van der Waals surface area (Å²) < 4.78 is 21.3. The summed E-state index contributed by atoms with van der Waals surface area (Å²) in [6.07, 6.45) is 2.46. The molecule has 1 fully saturated rings. The number of nitrogens with one attached hydrogen (secondary N) is 1. The van der Waals surface area contributed by atoms with Gasteiger partial charge < -0.3 is 10.1 Å². The minimum absolute atomic E-state index is 0.282. The molecule has 1 heterocycles. The SMILES string of the molecule is Cc1cc(COc2ccc(CNC3CC3)cc2F)n(C)n1. The first-order valence-electron chi connectivity index (χ1n) is 7.26. The molecule has 4 nitrogen and oxygen atoms in total. The predicted molar refractivity (Wildman–Crippen MR) is 78.5 cm³/mol. The smallest absolute Gasteiger partial charge is 0.165 e. The number of aryl methyl sites for hydroxylation is 2. The van der Waals surface area contributed by atoms with Gasteiger partial charge in [-0.3, -0.25) is 4.68 Å². The van der Waals surface area contributed by atoms with E-state index in [0.29, 0.717) is 19.2 Å². The molecule has 0 atom stereocenters. The molecule has 0 amide bonds. The quantitative estimate of drug-likeness (QED) is 0.888. The van der Waals surface area contributed by atoms with Crippen molar-refractivity contribution >= 4 is 0 Å². The molecule has 1 aliphatic carbocycles. The van der Waals surface area contributed by atoms with Crippen LogP contribution in [0.25, 0.3) is 0 Å². The van der Waals surface area contributed by atoms with Crippen molar-refractivity contribution in [3.05, 3.63) is 47.0 Å². The second kappa shape index (κ2) is 5.85. The molecule has 0 aliphatic heterocycles. The van der Waals surface area contributed by atoms with Gasteiger partial charge in [-0.1, -0.05) is 6.07 Å². The molecule has 0 spiro atoms. The number of rotatable bonds is 6. The first-order chi connectivity index (χ1) is 10.1. The first kappa shape index (κ1) is 14.1. The molecule has 1 aromatic carbocycles. The molecule has 1 aliphatic rings. The van der Waals surface area contributed by atoms with Gasteiger partial charge in [-0.15, -0.1) is 0 Å². The Morgan fingerprint density at radius 2 is 2.19 bits per heavy atom. The van der Waals surface area contributed by atoms with Gasteiger partial charge in [-0.05, 0) is 43.5 Å². The Labute approximate surface area is 123 Å². The zero-order valence-electron chi connectivity index (χ0n) is 12.4. The van der Waals surface area contributed by atoms with Crippen molar-refractivity contribution < 1.29 is 9.13 Å². The maximum Gasteiger partial charge on any atom is 0.165 e. The standard InChI is InChI=1S/C16H20FN3O/c1-11-7-14(20(2)19-11)10-21-16-6-3-12(8-15(16)17)9-18-13-4-5-13/h3,6-8,13,18H,4-5,9-10H2,1-2H3. The molecule has 112 valence electrons. The minimum atomic E-state index is -0.316. The largest absolute Gasteiger partial charge is 0.484 e. The Hall–Kier alpha value is -1.88. The van der Waals surface area contributed by atoms with Crippen LogP contribution in [0.15, 0.2) is 24.3 Å². The van der Waals surface area contributed by atoms with Crippen LogP contribution in [0.2, 0.25) is 0 Å². The van der Waals surface area contributed by atoms with E-state index in [1.807, 2.05) is 26.1 Å². The predicted octanol–water partition coefficient (Wildman–Crippen LogP) is 2.70. The van der Waals surface area contributed by atoms with Crippen molar-refractivity contribution in [1.82, 2.24) is 15.1 Å². The molecule has 0 saturated heterocycles. The Kier molecular flexibility index (Phi) is 3.92. The number of ether oxygens (including phenoxy) is 1. The first-order valence-corrected chi connectivity index (χ1v) is 7.26. The Morgan fingerprint density at radius 3 is 2.81 bits per heavy atom.